The summed E-state index contributed by atoms with van der Waals surface area (Å²) in [6.07, 6.45) is -16.7. The van der Waals surface area contributed by atoms with Gasteiger partial charge in [0.1, 0.15) is 90.8 Å². The fourth-order valence-electron chi connectivity index (χ4n) is 7.18. The van der Waals surface area contributed by atoms with E-state index in [1.807, 2.05) is 0 Å². The van der Waals surface area contributed by atoms with Crippen molar-refractivity contribution in [3.05, 3.63) is 48.1 Å². The van der Waals surface area contributed by atoms with Gasteiger partial charge in [-0.1, -0.05) is 0 Å². The van der Waals surface area contributed by atoms with Crippen molar-refractivity contribution >= 4 is 63.2 Å². The first-order valence-electron chi connectivity index (χ1n) is 18.5. The topological polar surface area (TPSA) is 487 Å². The fraction of sp³-hybridized carbons (Fsp3) is 0.517. The third kappa shape index (κ3) is 9.66. The molecule has 5 aromatic rings. The number of rotatable bonds is 16. The maximum Gasteiger partial charge on any atom is 0.475 e. The molecule has 13 unspecified atom stereocenters. The van der Waals surface area contributed by atoms with Crippen LogP contribution in [0.25, 0.3) is 22.3 Å². The van der Waals surface area contributed by atoms with Crippen LogP contribution in [0.4, 0.5) is 17.5 Å². The van der Waals surface area contributed by atoms with Gasteiger partial charge in [-0.25, -0.2) is 48.4 Å². The molecule has 0 aromatic carbocycles. The summed E-state index contributed by atoms with van der Waals surface area (Å²) in [6, 6.07) is 1.19. The summed E-state index contributed by atoms with van der Waals surface area (Å²) in [5.74, 6) is -0.427. The first-order chi connectivity index (χ1) is 30.6. The third-order valence-electron chi connectivity index (χ3n) is 10.1. The van der Waals surface area contributed by atoms with Crippen LogP contribution in [0.2, 0.25) is 0 Å². The first kappa shape index (κ1) is 46.9. The van der Waals surface area contributed by atoms with Crippen molar-refractivity contribution in [2.45, 2.75) is 73.6 Å². The molecule has 14 N–H and O–H groups in total. The molecule has 3 aliphatic rings. The number of phosphoric ester groups is 3. The summed E-state index contributed by atoms with van der Waals surface area (Å²) >= 11 is 0. The summed E-state index contributed by atoms with van der Waals surface area (Å²) in [6.45, 7) is -3.24. The zero-order valence-electron chi connectivity index (χ0n) is 32.5. The van der Waals surface area contributed by atoms with Crippen molar-refractivity contribution in [3.63, 3.8) is 0 Å². The van der Waals surface area contributed by atoms with Crippen LogP contribution in [-0.2, 0) is 50.5 Å². The van der Waals surface area contributed by atoms with Gasteiger partial charge in [-0.05, 0) is 6.07 Å². The van der Waals surface area contributed by atoms with E-state index in [0.29, 0.717) is 0 Å². The van der Waals surface area contributed by atoms with Crippen LogP contribution in [-0.4, -0.2) is 163 Å². The standard InChI is InChI=1S/C29H38N13O20P3/c30-13-1-2-40(29(47)39-13)26-17(44)16(43)10(58-26)3-57-65(54,61-20-11(4-55-63(48,49)50)59-27(18(20)45)41-9-38-24-15(41)23(32)34-6-35-24)62-21-12(5-56-64(51,52)53)60-28(19(21)46)42-8-37-14-22(31)33-7-36-25(14)42/h1-2,6-12,16-21,26-28,43-46H,3-5H2,(H2,30,39,47)(H2,31,33,36)(H2,32,34,35)(H2,48,49,50)(H2,51,52,53). The third-order valence-corrected chi connectivity index (χ3v) is 12.6. The molecule has 0 amide bonds. The molecule has 3 saturated heterocycles. The van der Waals surface area contributed by atoms with Gasteiger partial charge < -0.3 is 71.4 Å². The van der Waals surface area contributed by atoms with E-state index in [2.05, 4.69) is 43.9 Å². The monoisotopic (exact) mass is 981 g/mol. The number of hydrogen-bond donors (Lipinski definition) is 11. The Kier molecular flexibility index (Phi) is 12.9. The smallest absolute Gasteiger partial charge is 0.387 e. The average molecular weight is 982 g/mol. The predicted molar refractivity (Wildman–Crippen MR) is 207 cm³/mol. The molecule has 33 nitrogen and oxygen atoms in total. The summed E-state index contributed by atoms with van der Waals surface area (Å²) in [7, 11) is -16.2. The Hall–Kier alpha value is -4.57. The highest BCUT2D eigenvalue weighted by Crippen LogP contribution is 2.57. The average Bonchev–Trinajstić information content (AvgIpc) is 4.04. The predicted octanol–water partition coefficient (Wildman–Crippen LogP) is -4.08. The first-order valence-corrected chi connectivity index (χ1v) is 23.0. The number of phosphoric acid groups is 3. The van der Waals surface area contributed by atoms with Crippen molar-refractivity contribution in [2.75, 3.05) is 37.0 Å². The van der Waals surface area contributed by atoms with E-state index in [-0.39, 0.29) is 39.8 Å². The quantitative estimate of drug-likeness (QED) is 0.0419. The molecule has 354 valence electrons. The van der Waals surface area contributed by atoms with Crippen LogP contribution in [0.1, 0.15) is 18.7 Å². The molecule has 13 atom stereocenters. The second kappa shape index (κ2) is 17.9. The Morgan fingerprint density at radius 2 is 1.17 bits per heavy atom. The highest BCUT2D eigenvalue weighted by molar-refractivity contribution is 7.48. The second-order valence-corrected chi connectivity index (χ2v) is 18.4. The zero-order chi connectivity index (χ0) is 46.7. The number of nitrogens with zero attached hydrogens (tertiary/aromatic N) is 10. The number of aliphatic hydroxyl groups is 4. The summed E-state index contributed by atoms with van der Waals surface area (Å²) in [4.78, 5) is 78.4. The number of imidazole rings is 2. The van der Waals surface area contributed by atoms with Crippen LogP contribution < -0.4 is 22.9 Å². The normalized spacial score (nSPS) is 30.7. The molecule has 0 spiro atoms. The van der Waals surface area contributed by atoms with Gasteiger partial charge in [0.15, 0.2) is 41.6 Å². The number of aromatic nitrogens is 10. The van der Waals surface area contributed by atoms with E-state index >= 15 is 4.57 Å². The van der Waals surface area contributed by atoms with Gasteiger partial charge in [0.2, 0.25) is 0 Å². The summed E-state index contributed by atoms with van der Waals surface area (Å²) in [5, 5.41) is 45.5. The van der Waals surface area contributed by atoms with E-state index < -0.39 is 123 Å². The molecule has 36 heteroatoms. The van der Waals surface area contributed by atoms with Crippen LogP contribution in [0.5, 0.6) is 0 Å². The molecule has 0 bridgehead atoms. The van der Waals surface area contributed by atoms with Gasteiger partial charge in [0.05, 0.1) is 26.1 Å². The molecular weight excluding hydrogens is 943 g/mol. The molecule has 3 fully saturated rings. The number of aliphatic hydroxyl groups excluding tert-OH is 4. The Bertz CT molecular complexity index is 2750. The number of nitrogen functional groups attached to an aromatic ring is 3. The van der Waals surface area contributed by atoms with Crippen molar-refractivity contribution in [1.82, 2.24) is 48.6 Å². The lowest BCUT2D eigenvalue weighted by Crippen LogP contribution is -2.40. The number of fused-ring (bicyclic) bond motifs is 2. The largest absolute Gasteiger partial charge is 0.475 e. The lowest BCUT2D eigenvalue weighted by Gasteiger charge is -2.30. The molecule has 0 aliphatic carbocycles. The van der Waals surface area contributed by atoms with Crippen molar-refractivity contribution < 1.29 is 90.5 Å². The molecule has 65 heavy (non-hydrogen) atoms. The van der Waals surface area contributed by atoms with E-state index in [1.165, 1.54) is 6.07 Å². The van der Waals surface area contributed by atoms with Gasteiger partial charge in [-0.15, -0.1) is 0 Å². The SMILES string of the molecule is Nc1ccn(C2OC(COP(=O)(OC3C(COP(=O)(O)O)OC(n4cnc5c(N)ncnc54)C3O)OC3C(COP(=O)(O)O)OC(n4cnc5ncnc(N)c54)C3O)C(O)C2O)c(=O)n1. The zero-order valence-corrected chi connectivity index (χ0v) is 35.2. The molecule has 5 aromatic heterocycles. The minimum absolute atomic E-state index is 0.00245. The van der Waals surface area contributed by atoms with Crippen molar-refractivity contribution in [3.8, 4) is 0 Å². The Labute approximate surface area is 360 Å². The van der Waals surface area contributed by atoms with E-state index in [4.69, 9.17) is 45.0 Å². The van der Waals surface area contributed by atoms with Gasteiger partial charge in [-0.2, -0.15) is 4.98 Å². The van der Waals surface area contributed by atoms with E-state index in [9.17, 15) is 53.9 Å². The van der Waals surface area contributed by atoms with Crippen LogP contribution in [0, 0.1) is 0 Å². The van der Waals surface area contributed by atoms with E-state index in [0.717, 1.165) is 45.2 Å². The molecule has 3 aliphatic heterocycles. The Balaban J connectivity index is 1.15. The minimum atomic E-state index is -5.62. The van der Waals surface area contributed by atoms with Crippen LogP contribution in [0.15, 0.2) is 42.4 Å². The van der Waals surface area contributed by atoms with Crippen LogP contribution in [0.3, 0.4) is 0 Å². The molecule has 8 rings (SSSR count). The highest BCUT2D eigenvalue weighted by atomic mass is 31.2. The lowest BCUT2D eigenvalue weighted by atomic mass is 10.1. The summed E-state index contributed by atoms with van der Waals surface area (Å²) < 4.78 is 86.2. The molecule has 0 saturated carbocycles. The number of anilines is 3. The summed E-state index contributed by atoms with van der Waals surface area (Å²) in [5.41, 5.74) is 16.6. The van der Waals surface area contributed by atoms with Gasteiger partial charge in [-0.3, -0.25) is 36.3 Å². The number of hydrogen-bond acceptors (Lipinski definition) is 26. The Morgan fingerprint density at radius 3 is 1.78 bits per heavy atom. The second-order valence-electron chi connectivity index (χ2n) is 14.3. The maximum absolute atomic E-state index is 15.2. The van der Waals surface area contributed by atoms with Crippen molar-refractivity contribution in [1.29, 1.82) is 0 Å². The van der Waals surface area contributed by atoms with Gasteiger partial charge in [0, 0.05) is 6.20 Å². The van der Waals surface area contributed by atoms with E-state index in [1.54, 1.807) is 0 Å². The van der Waals surface area contributed by atoms with Gasteiger partial charge in [0.25, 0.3) is 0 Å². The lowest BCUT2D eigenvalue weighted by molar-refractivity contribution is -0.0732. The molecule has 0 radical (unpaired) electrons. The highest BCUT2D eigenvalue weighted by Gasteiger charge is 2.56. The van der Waals surface area contributed by atoms with Crippen LogP contribution >= 0.6 is 23.5 Å². The Morgan fingerprint density at radius 1 is 0.631 bits per heavy atom. The van der Waals surface area contributed by atoms with Gasteiger partial charge >= 0.3 is 29.2 Å². The molecular formula is C29H38N13O20P3. The number of nitrogens with two attached hydrogens (primary N) is 3. The maximum atomic E-state index is 15.2. The molecule has 8 heterocycles. The fourth-order valence-corrected chi connectivity index (χ4v) is 9.48. The number of ether oxygens (including phenoxy) is 3. The van der Waals surface area contributed by atoms with Crippen molar-refractivity contribution in [2.24, 2.45) is 0 Å². The minimum Gasteiger partial charge on any atom is -0.387 e.